The molecule has 4 atom stereocenters. The van der Waals surface area contributed by atoms with Gasteiger partial charge in [-0.05, 0) is 38.8 Å². The highest BCUT2D eigenvalue weighted by Gasteiger charge is 2.76. The number of allylic oxidation sites excluding steroid dienone is 2. The molecule has 31 heavy (non-hydrogen) atoms. The van der Waals surface area contributed by atoms with Crippen LogP contribution >= 0.6 is 0 Å². The van der Waals surface area contributed by atoms with Crippen LogP contribution in [0.3, 0.4) is 0 Å². The third kappa shape index (κ3) is 4.75. The third-order valence-electron chi connectivity index (χ3n) is 6.92. The quantitative estimate of drug-likeness (QED) is 0.380. The van der Waals surface area contributed by atoms with Crippen LogP contribution in [-0.2, 0) is 23.8 Å². The Labute approximate surface area is 186 Å². The van der Waals surface area contributed by atoms with Crippen LogP contribution in [0.1, 0.15) is 91.9 Å². The van der Waals surface area contributed by atoms with E-state index in [-0.39, 0.29) is 24.8 Å². The van der Waals surface area contributed by atoms with Crippen molar-refractivity contribution >= 4 is 11.8 Å². The Morgan fingerprint density at radius 1 is 1.19 bits per heavy atom. The number of hydrogen-bond donors (Lipinski definition) is 1. The van der Waals surface area contributed by atoms with Gasteiger partial charge in [-0.1, -0.05) is 51.5 Å². The number of rotatable bonds is 11. The fourth-order valence-corrected chi connectivity index (χ4v) is 5.08. The monoisotopic (exact) mass is 434 g/mol. The van der Waals surface area contributed by atoms with E-state index in [4.69, 9.17) is 14.2 Å². The van der Waals surface area contributed by atoms with Crippen LogP contribution in [0.4, 0.5) is 0 Å². The van der Waals surface area contributed by atoms with Gasteiger partial charge in [-0.15, -0.1) is 0 Å². The fraction of sp³-hybridized carbons (Fsp3) is 0.760. The van der Waals surface area contributed by atoms with Crippen LogP contribution in [0, 0.1) is 0 Å². The molecule has 0 radical (unpaired) electrons. The highest BCUT2D eigenvalue weighted by Crippen LogP contribution is 2.59. The van der Waals surface area contributed by atoms with Crippen LogP contribution in [0.5, 0.6) is 0 Å². The number of fused-ring (bicyclic) bond motifs is 1. The second kappa shape index (κ2) is 9.45. The van der Waals surface area contributed by atoms with Gasteiger partial charge in [0, 0.05) is 19.3 Å². The number of Topliss-reactive ketones (excluding diaryl/α,β-unsaturated/α-hetero) is 1. The molecule has 4 fully saturated rings. The molecule has 6 heteroatoms. The predicted octanol–water partition coefficient (Wildman–Crippen LogP) is 4.54. The summed E-state index contributed by atoms with van der Waals surface area (Å²) in [6, 6.07) is 0. The molecule has 0 aromatic heterocycles. The van der Waals surface area contributed by atoms with Crippen molar-refractivity contribution in [3.05, 3.63) is 23.5 Å². The van der Waals surface area contributed by atoms with E-state index in [9.17, 15) is 14.7 Å². The van der Waals surface area contributed by atoms with Crippen LogP contribution < -0.4 is 0 Å². The number of aliphatic hydroxyl groups is 1. The molecule has 6 nitrogen and oxygen atoms in total. The van der Waals surface area contributed by atoms with Gasteiger partial charge in [0.2, 0.25) is 0 Å². The van der Waals surface area contributed by atoms with Gasteiger partial charge in [-0.3, -0.25) is 9.59 Å². The number of carbonyl (C=O) groups excluding carboxylic acids is 2. The highest BCUT2D eigenvalue weighted by molar-refractivity contribution is 5.93. The number of ketones is 1. The zero-order chi connectivity index (χ0) is 22.7. The van der Waals surface area contributed by atoms with Gasteiger partial charge in [-0.2, -0.15) is 0 Å². The zero-order valence-corrected chi connectivity index (χ0v) is 19.5. The number of ether oxygens (including phenoxy) is 3. The Balaban J connectivity index is 1.47. The van der Waals surface area contributed by atoms with Crippen molar-refractivity contribution in [1.82, 2.24) is 0 Å². The van der Waals surface area contributed by atoms with Gasteiger partial charge >= 0.3 is 5.97 Å². The minimum absolute atomic E-state index is 0.178. The van der Waals surface area contributed by atoms with Gasteiger partial charge in [0.1, 0.15) is 18.5 Å². The van der Waals surface area contributed by atoms with E-state index in [0.717, 1.165) is 18.4 Å². The predicted molar refractivity (Wildman–Crippen MR) is 117 cm³/mol. The van der Waals surface area contributed by atoms with Crippen molar-refractivity contribution in [2.75, 3.05) is 6.61 Å². The third-order valence-corrected chi connectivity index (χ3v) is 6.92. The lowest BCUT2D eigenvalue weighted by Gasteiger charge is -2.54. The zero-order valence-electron chi connectivity index (χ0n) is 19.5. The first kappa shape index (κ1) is 24.0. The molecule has 0 aromatic carbocycles. The van der Waals surface area contributed by atoms with Crippen molar-refractivity contribution in [3.8, 4) is 0 Å². The molecule has 3 saturated heterocycles. The van der Waals surface area contributed by atoms with E-state index in [1.807, 2.05) is 13.8 Å². The molecule has 4 aliphatic rings. The summed E-state index contributed by atoms with van der Waals surface area (Å²) in [5.41, 5.74) is -2.59. The van der Waals surface area contributed by atoms with E-state index in [1.165, 1.54) is 32.1 Å². The van der Waals surface area contributed by atoms with Crippen molar-refractivity contribution in [1.29, 1.82) is 0 Å². The number of esters is 1. The number of carbonyl (C=O) groups is 2. The second-order valence-corrected chi connectivity index (χ2v) is 9.84. The summed E-state index contributed by atoms with van der Waals surface area (Å²) in [7, 11) is 0. The van der Waals surface area contributed by atoms with Crippen LogP contribution in [0.2, 0.25) is 0 Å². The molecule has 1 saturated carbocycles. The van der Waals surface area contributed by atoms with Crippen LogP contribution in [-0.4, -0.2) is 46.4 Å². The van der Waals surface area contributed by atoms with Gasteiger partial charge < -0.3 is 19.3 Å². The summed E-state index contributed by atoms with van der Waals surface area (Å²) in [5, 5.41) is 11.1. The molecule has 0 unspecified atom stereocenters. The summed E-state index contributed by atoms with van der Waals surface area (Å²) in [6.45, 7) is 7.90. The minimum atomic E-state index is -1.64. The molecule has 3 heterocycles. The first-order valence-corrected chi connectivity index (χ1v) is 11.8. The molecule has 1 N–H and O–H groups in total. The van der Waals surface area contributed by atoms with Gasteiger partial charge in [-0.25, -0.2) is 0 Å². The maximum Gasteiger partial charge on any atom is 0.306 e. The molecule has 3 aliphatic heterocycles. The van der Waals surface area contributed by atoms with Gasteiger partial charge in [0.05, 0.1) is 5.60 Å². The summed E-state index contributed by atoms with van der Waals surface area (Å²) in [4.78, 5) is 24.5. The van der Waals surface area contributed by atoms with Crippen molar-refractivity contribution in [2.24, 2.45) is 0 Å². The first-order chi connectivity index (χ1) is 14.6. The minimum Gasteiger partial charge on any atom is -0.488 e. The first-order valence-electron chi connectivity index (χ1n) is 11.8. The largest absolute Gasteiger partial charge is 0.488 e. The lowest BCUT2D eigenvalue weighted by molar-refractivity contribution is -0.265. The average molecular weight is 435 g/mol. The molecule has 174 valence electrons. The molecule has 0 amide bonds. The van der Waals surface area contributed by atoms with Gasteiger partial charge in [0.15, 0.2) is 17.0 Å². The lowest BCUT2D eigenvalue weighted by atomic mass is 9.63. The topological polar surface area (TPSA) is 82.1 Å². The standard InChI is InChI=1S/C25H38O6/c1-5-6-7-8-9-10-11-12-22(27)29-17-18(2)13-14-20-24(4)25(28)19(26)15-23(3,31-24)16-21(25)30-20/h13-14,21,28H,5-12,15-17H2,1-4H3/b18-13-,20-14-/t21-,23+,24+,25-/m0/s1. The molecule has 0 spiro atoms. The Bertz CT molecular complexity index is 755. The lowest BCUT2D eigenvalue weighted by Crippen LogP contribution is -2.73. The second-order valence-electron chi connectivity index (χ2n) is 9.84. The molecular formula is C25H38O6. The molecular weight excluding hydrogens is 396 g/mol. The summed E-state index contributed by atoms with van der Waals surface area (Å²) >= 11 is 0. The summed E-state index contributed by atoms with van der Waals surface area (Å²) in [6.07, 6.45) is 12.2. The summed E-state index contributed by atoms with van der Waals surface area (Å²) < 4.78 is 17.5. The van der Waals surface area contributed by atoms with E-state index in [0.29, 0.717) is 18.6 Å². The number of hydrogen-bond acceptors (Lipinski definition) is 6. The highest BCUT2D eigenvalue weighted by atomic mass is 16.6. The molecule has 0 aromatic rings. The smallest absolute Gasteiger partial charge is 0.306 e. The van der Waals surface area contributed by atoms with E-state index < -0.39 is 22.9 Å². The number of unbranched alkanes of at least 4 members (excludes halogenated alkanes) is 6. The summed E-state index contributed by atoms with van der Waals surface area (Å²) in [5.74, 6) is 0.0521. The van der Waals surface area contributed by atoms with Crippen molar-refractivity contribution in [2.45, 2.75) is 115 Å². The van der Waals surface area contributed by atoms with E-state index in [2.05, 4.69) is 6.92 Å². The van der Waals surface area contributed by atoms with Crippen molar-refractivity contribution < 1.29 is 28.9 Å². The maximum absolute atomic E-state index is 12.6. The SMILES string of the molecule is CCCCCCCCCC(=O)OC/C(C)=C\C=C1/O[C@H]2C[C@@]3(C)CC(=O)[C@@]2(O)[C@]1(C)O3. The van der Waals surface area contributed by atoms with E-state index in [1.54, 1.807) is 19.1 Å². The molecule has 1 aliphatic carbocycles. The normalized spacial score (nSPS) is 35.5. The fourth-order valence-electron chi connectivity index (χ4n) is 5.08. The maximum atomic E-state index is 12.6. The van der Waals surface area contributed by atoms with Crippen LogP contribution in [0.25, 0.3) is 0 Å². The van der Waals surface area contributed by atoms with Crippen molar-refractivity contribution in [3.63, 3.8) is 0 Å². The van der Waals surface area contributed by atoms with Crippen LogP contribution in [0.15, 0.2) is 23.5 Å². The average Bonchev–Trinajstić information content (AvgIpc) is 2.84. The molecule has 4 rings (SSSR count). The molecule has 4 bridgehead atoms. The van der Waals surface area contributed by atoms with E-state index >= 15 is 0 Å². The Morgan fingerprint density at radius 2 is 1.87 bits per heavy atom. The Kier molecular flexibility index (Phi) is 7.32. The van der Waals surface area contributed by atoms with Gasteiger partial charge in [0.25, 0.3) is 0 Å². The Hall–Kier alpha value is -1.66. The Morgan fingerprint density at radius 3 is 2.58 bits per heavy atom.